The summed E-state index contributed by atoms with van der Waals surface area (Å²) in [6, 6.07) is 52.0. The zero-order chi connectivity index (χ0) is 25.5. The van der Waals surface area contributed by atoms with Crippen molar-refractivity contribution in [3.8, 4) is 39.1 Å². The van der Waals surface area contributed by atoms with E-state index in [4.69, 9.17) is 0 Å². The number of para-hydroxylation sites is 2. The van der Waals surface area contributed by atoms with E-state index < -0.39 is 0 Å². The molecule has 0 saturated carbocycles. The Kier molecular flexibility index (Phi) is 5.68. The minimum atomic E-state index is 1.09. The SMILES string of the molecule is Brc1cc(-c2cccc(-c3ccccc3)c2)ccc1-c1ccc2c3ccccc3n(-c3ccccc3)c2c1. The molecule has 1 aromatic heterocycles. The number of fused-ring (bicyclic) bond motifs is 3. The van der Waals surface area contributed by atoms with Crippen molar-refractivity contribution in [2.24, 2.45) is 0 Å². The number of benzene rings is 6. The van der Waals surface area contributed by atoms with Crippen molar-refractivity contribution >= 4 is 37.7 Å². The first-order valence-corrected chi connectivity index (χ1v) is 13.6. The zero-order valence-electron chi connectivity index (χ0n) is 20.7. The van der Waals surface area contributed by atoms with Gasteiger partial charge in [-0.1, -0.05) is 125 Å². The van der Waals surface area contributed by atoms with E-state index in [0.717, 1.165) is 4.47 Å². The summed E-state index contributed by atoms with van der Waals surface area (Å²) >= 11 is 3.90. The van der Waals surface area contributed by atoms with Gasteiger partial charge in [-0.2, -0.15) is 0 Å². The largest absolute Gasteiger partial charge is 0.309 e. The van der Waals surface area contributed by atoms with Crippen LogP contribution in [0.2, 0.25) is 0 Å². The van der Waals surface area contributed by atoms with E-state index in [2.05, 4.69) is 166 Å². The van der Waals surface area contributed by atoms with E-state index in [1.807, 2.05) is 0 Å². The van der Waals surface area contributed by atoms with Crippen LogP contribution in [-0.4, -0.2) is 4.57 Å². The van der Waals surface area contributed by atoms with Crippen LogP contribution < -0.4 is 0 Å². The summed E-state index contributed by atoms with van der Waals surface area (Å²) in [4.78, 5) is 0. The fraction of sp³-hybridized carbons (Fsp3) is 0. The van der Waals surface area contributed by atoms with Crippen LogP contribution in [0.1, 0.15) is 0 Å². The summed E-state index contributed by atoms with van der Waals surface area (Å²) in [6.07, 6.45) is 0. The van der Waals surface area contributed by atoms with Crippen molar-refractivity contribution in [3.05, 3.63) is 150 Å². The van der Waals surface area contributed by atoms with Crippen LogP contribution in [0.5, 0.6) is 0 Å². The quantitative estimate of drug-likeness (QED) is 0.205. The third kappa shape index (κ3) is 3.95. The third-order valence-corrected chi connectivity index (χ3v) is 7.93. The van der Waals surface area contributed by atoms with Crippen LogP contribution in [0, 0.1) is 0 Å². The Bertz CT molecular complexity index is 1920. The molecule has 0 bridgehead atoms. The van der Waals surface area contributed by atoms with Gasteiger partial charge in [0, 0.05) is 20.9 Å². The molecule has 0 radical (unpaired) electrons. The van der Waals surface area contributed by atoms with Gasteiger partial charge in [-0.05, 0) is 69.8 Å². The Morgan fingerprint density at radius 2 is 1.00 bits per heavy atom. The van der Waals surface area contributed by atoms with E-state index in [-0.39, 0.29) is 0 Å². The minimum absolute atomic E-state index is 1.09. The van der Waals surface area contributed by atoms with Crippen LogP contribution >= 0.6 is 15.9 Å². The molecule has 0 fully saturated rings. The zero-order valence-corrected chi connectivity index (χ0v) is 22.3. The molecule has 0 spiro atoms. The molecule has 0 aliphatic heterocycles. The van der Waals surface area contributed by atoms with Crippen LogP contribution in [0.3, 0.4) is 0 Å². The Balaban J connectivity index is 1.33. The maximum absolute atomic E-state index is 3.90. The Morgan fingerprint density at radius 1 is 0.395 bits per heavy atom. The van der Waals surface area contributed by atoms with Gasteiger partial charge >= 0.3 is 0 Å². The number of hydrogen-bond donors (Lipinski definition) is 0. The predicted molar refractivity (Wildman–Crippen MR) is 165 cm³/mol. The standard InChI is InChI=1S/C36H24BrN/c37-34-23-28(27-13-9-12-26(22-27)25-10-3-1-4-11-25)18-20-31(34)29-19-21-33-32-16-7-8-17-35(32)38(36(33)24-29)30-14-5-2-6-15-30/h1-24H. The van der Waals surface area contributed by atoms with Gasteiger partial charge in [-0.25, -0.2) is 0 Å². The molecule has 1 heterocycles. The van der Waals surface area contributed by atoms with Gasteiger partial charge in [0.15, 0.2) is 0 Å². The molecule has 0 atom stereocenters. The average molecular weight is 550 g/mol. The first-order valence-electron chi connectivity index (χ1n) is 12.8. The van der Waals surface area contributed by atoms with Crippen molar-refractivity contribution in [3.63, 3.8) is 0 Å². The van der Waals surface area contributed by atoms with Crippen LogP contribution in [0.4, 0.5) is 0 Å². The number of nitrogens with zero attached hydrogens (tertiary/aromatic N) is 1. The van der Waals surface area contributed by atoms with Gasteiger partial charge in [0.05, 0.1) is 11.0 Å². The van der Waals surface area contributed by atoms with E-state index in [0.29, 0.717) is 0 Å². The Hall–Kier alpha value is -4.40. The summed E-state index contributed by atoms with van der Waals surface area (Å²) in [7, 11) is 0. The topological polar surface area (TPSA) is 4.93 Å². The smallest absolute Gasteiger partial charge is 0.0547 e. The van der Waals surface area contributed by atoms with Crippen molar-refractivity contribution in [2.75, 3.05) is 0 Å². The summed E-state index contributed by atoms with van der Waals surface area (Å²) in [5.74, 6) is 0. The second-order valence-electron chi connectivity index (χ2n) is 9.56. The summed E-state index contributed by atoms with van der Waals surface area (Å²) in [5.41, 5.74) is 10.8. The van der Waals surface area contributed by atoms with Crippen molar-refractivity contribution in [2.45, 2.75) is 0 Å². The molecular formula is C36H24BrN. The van der Waals surface area contributed by atoms with Crippen molar-refractivity contribution in [1.29, 1.82) is 0 Å². The van der Waals surface area contributed by atoms with Gasteiger partial charge in [0.1, 0.15) is 0 Å². The summed E-state index contributed by atoms with van der Waals surface area (Å²) in [6.45, 7) is 0. The van der Waals surface area contributed by atoms with Crippen LogP contribution in [-0.2, 0) is 0 Å². The molecule has 6 aromatic carbocycles. The van der Waals surface area contributed by atoms with Crippen LogP contribution in [0.15, 0.2) is 150 Å². The summed E-state index contributed by atoms with van der Waals surface area (Å²) in [5, 5.41) is 2.53. The lowest BCUT2D eigenvalue weighted by Crippen LogP contribution is -1.93. The van der Waals surface area contributed by atoms with E-state index in [9.17, 15) is 0 Å². The van der Waals surface area contributed by atoms with Gasteiger partial charge in [0.2, 0.25) is 0 Å². The molecule has 7 rings (SSSR count). The Labute approximate surface area is 230 Å². The molecule has 0 unspecified atom stereocenters. The first-order chi connectivity index (χ1) is 18.8. The lowest BCUT2D eigenvalue weighted by atomic mass is 9.97. The monoisotopic (exact) mass is 549 g/mol. The number of aromatic nitrogens is 1. The molecule has 0 aliphatic carbocycles. The molecular weight excluding hydrogens is 526 g/mol. The highest BCUT2D eigenvalue weighted by molar-refractivity contribution is 9.10. The van der Waals surface area contributed by atoms with E-state index in [1.54, 1.807) is 0 Å². The highest BCUT2D eigenvalue weighted by Gasteiger charge is 2.14. The molecule has 0 amide bonds. The van der Waals surface area contributed by atoms with E-state index in [1.165, 1.54) is 60.9 Å². The highest BCUT2D eigenvalue weighted by atomic mass is 79.9. The molecule has 0 saturated heterocycles. The maximum Gasteiger partial charge on any atom is 0.0547 e. The highest BCUT2D eigenvalue weighted by Crippen LogP contribution is 2.38. The van der Waals surface area contributed by atoms with Crippen LogP contribution in [0.25, 0.3) is 60.9 Å². The first kappa shape index (κ1) is 22.8. The molecule has 2 heteroatoms. The number of halogens is 1. The number of rotatable bonds is 4. The number of hydrogen-bond acceptors (Lipinski definition) is 0. The minimum Gasteiger partial charge on any atom is -0.309 e. The lowest BCUT2D eigenvalue weighted by Gasteiger charge is -2.11. The van der Waals surface area contributed by atoms with Crippen molar-refractivity contribution in [1.82, 2.24) is 4.57 Å². The average Bonchev–Trinajstić information content (AvgIpc) is 3.32. The van der Waals surface area contributed by atoms with Gasteiger partial charge in [0.25, 0.3) is 0 Å². The molecule has 180 valence electrons. The van der Waals surface area contributed by atoms with Gasteiger partial charge < -0.3 is 4.57 Å². The summed E-state index contributed by atoms with van der Waals surface area (Å²) < 4.78 is 3.45. The maximum atomic E-state index is 3.90. The normalized spacial score (nSPS) is 11.3. The molecule has 0 aliphatic rings. The fourth-order valence-electron chi connectivity index (χ4n) is 5.43. The Morgan fingerprint density at radius 3 is 1.79 bits per heavy atom. The van der Waals surface area contributed by atoms with Gasteiger partial charge in [-0.3, -0.25) is 0 Å². The molecule has 0 N–H and O–H groups in total. The second-order valence-corrected chi connectivity index (χ2v) is 10.4. The lowest BCUT2D eigenvalue weighted by molar-refractivity contribution is 1.18. The van der Waals surface area contributed by atoms with E-state index >= 15 is 0 Å². The third-order valence-electron chi connectivity index (χ3n) is 7.27. The predicted octanol–water partition coefficient (Wildman–Crippen LogP) is 10.5. The van der Waals surface area contributed by atoms with Crippen molar-refractivity contribution < 1.29 is 0 Å². The van der Waals surface area contributed by atoms with Gasteiger partial charge in [-0.15, -0.1) is 0 Å². The second kappa shape index (κ2) is 9.48. The molecule has 1 nitrogen and oxygen atoms in total. The molecule has 7 aromatic rings. The molecule has 38 heavy (non-hydrogen) atoms. The fourth-order valence-corrected chi connectivity index (χ4v) is 6.04.